The van der Waals surface area contributed by atoms with Gasteiger partial charge in [-0.1, -0.05) is 66.7 Å². The SMILES string of the molecule is COC[C@H]1CCCN1C(=O)c1cc(C)cc(CN2C(=O)NC(c3ccccc3)(c3ccccc3)C2=O)c1. The number of likely N-dealkylation sites (tertiary alicyclic amines) is 1. The van der Waals surface area contributed by atoms with Gasteiger partial charge in [-0.15, -0.1) is 0 Å². The molecule has 4 amide bonds. The van der Waals surface area contributed by atoms with Crippen molar-refractivity contribution in [2.45, 2.75) is 37.9 Å². The van der Waals surface area contributed by atoms with Crippen LogP contribution in [0, 0.1) is 6.92 Å². The van der Waals surface area contributed by atoms with Gasteiger partial charge in [-0.3, -0.25) is 14.5 Å². The summed E-state index contributed by atoms with van der Waals surface area (Å²) in [6.07, 6.45) is 1.86. The molecule has 3 aromatic rings. The minimum absolute atomic E-state index is 0.0513. The molecule has 1 atom stereocenters. The number of benzene rings is 3. The van der Waals surface area contributed by atoms with E-state index in [4.69, 9.17) is 4.74 Å². The quantitative estimate of drug-likeness (QED) is 0.495. The Morgan fingerprint density at radius 2 is 1.65 bits per heavy atom. The maximum absolute atomic E-state index is 14.0. The van der Waals surface area contributed by atoms with Crippen molar-refractivity contribution in [3.8, 4) is 0 Å². The Labute approximate surface area is 217 Å². The fourth-order valence-electron chi connectivity index (χ4n) is 5.55. The lowest BCUT2D eigenvalue weighted by Crippen LogP contribution is -2.45. The first-order valence-corrected chi connectivity index (χ1v) is 12.6. The molecule has 2 aliphatic rings. The number of carbonyl (C=O) groups excluding carboxylic acids is 3. The summed E-state index contributed by atoms with van der Waals surface area (Å²) in [4.78, 5) is 43.8. The molecule has 0 aliphatic carbocycles. The Kier molecular flexibility index (Phi) is 6.80. The van der Waals surface area contributed by atoms with Crippen LogP contribution in [0.1, 0.15) is 45.5 Å². The van der Waals surface area contributed by atoms with E-state index < -0.39 is 11.6 Å². The van der Waals surface area contributed by atoms with Gasteiger partial charge in [0.2, 0.25) is 0 Å². The molecule has 190 valence electrons. The molecule has 0 bridgehead atoms. The Balaban J connectivity index is 1.46. The summed E-state index contributed by atoms with van der Waals surface area (Å²) in [6, 6.07) is 23.8. The molecule has 7 nitrogen and oxygen atoms in total. The lowest BCUT2D eigenvalue weighted by molar-refractivity contribution is -0.130. The van der Waals surface area contributed by atoms with Crippen LogP contribution in [0.4, 0.5) is 4.79 Å². The fraction of sp³-hybridized carbons (Fsp3) is 0.300. The van der Waals surface area contributed by atoms with Gasteiger partial charge in [0.25, 0.3) is 11.8 Å². The molecule has 2 heterocycles. The minimum atomic E-state index is -1.31. The molecule has 0 radical (unpaired) electrons. The Bertz CT molecular complexity index is 1270. The molecule has 0 unspecified atom stereocenters. The number of hydrogen-bond acceptors (Lipinski definition) is 4. The standard InChI is InChI=1S/C30H31N3O4/c1-21-16-22(18-23(17-21)27(34)32-15-9-14-26(32)20-37-2)19-33-28(35)30(31-29(33)36,24-10-5-3-6-11-24)25-12-7-4-8-13-25/h3-8,10-13,16-18,26H,9,14-15,19-20H2,1-2H3,(H,31,36)/t26-/m1/s1. The predicted octanol–water partition coefficient (Wildman–Crippen LogP) is 4.24. The minimum Gasteiger partial charge on any atom is -0.383 e. The number of imide groups is 1. The van der Waals surface area contributed by atoms with Crippen LogP contribution < -0.4 is 5.32 Å². The van der Waals surface area contributed by atoms with E-state index in [-0.39, 0.29) is 24.4 Å². The second-order valence-corrected chi connectivity index (χ2v) is 9.76. The van der Waals surface area contributed by atoms with Crippen LogP contribution >= 0.6 is 0 Å². The molecule has 5 rings (SSSR count). The number of ether oxygens (including phenoxy) is 1. The third-order valence-corrected chi connectivity index (χ3v) is 7.24. The Morgan fingerprint density at radius 3 is 2.27 bits per heavy atom. The van der Waals surface area contributed by atoms with Crippen molar-refractivity contribution in [1.29, 1.82) is 0 Å². The number of aryl methyl sites for hydroxylation is 1. The zero-order valence-electron chi connectivity index (χ0n) is 21.1. The topological polar surface area (TPSA) is 79.0 Å². The average Bonchev–Trinajstić information content (AvgIpc) is 3.48. The van der Waals surface area contributed by atoms with E-state index in [1.54, 1.807) is 13.2 Å². The van der Waals surface area contributed by atoms with E-state index in [1.165, 1.54) is 4.90 Å². The highest BCUT2D eigenvalue weighted by Crippen LogP contribution is 2.36. The molecule has 37 heavy (non-hydrogen) atoms. The number of rotatable bonds is 7. The number of hydrogen-bond donors (Lipinski definition) is 1. The van der Waals surface area contributed by atoms with E-state index in [9.17, 15) is 14.4 Å². The molecule has 2 aliphatic heterocycles. The molecule has 0 saturated carbocycles. The highest BCUT2D eigenvalue weighted by Gasteiger charge is 2.53. The van der Waals surface area contributed by atoms with Gasteiger partial charge >= 0.3 is 6.03 Å². The number of carbonyl (C=O) groups is 3. The Hall–Kier alpha value is -3.97. The largest absolute Gasteiger partial charge is 0.383 e. The van der Waals surface area contributed by atoms with Gasteiger partial charge in [-0.05, 0) is 54.2 Å². The van der Waals surface area contributed by atoms with Crippen LogP contribution in [0.2, 0.25) is 0 Å². The molecule has 0 spiro atoms. The van der Waals surface area contributed by atoms with Gasteiger partial charge in [-0.25, -0.2) is 4.79 Å². The zero-order chi connectivity index (χ0) is 26.0. The first kappa shape index (κ1) is 24.7. The molecular weight excluding hydrogens is 466 g/mol. The summed E-state index contributed by atoms with van der Waals surface area (Å²) in [5.74, 6) is -0.395. The second-order valence-electron chi connectivity index (χ2n) is 9.76. The number of amides is 4. The van der Waals surface area contributed by atoms with Crippen molar-refractivity contribution in [3.05, 3.63) is 107 Å². The number of nitrogens with zero attached hydrogens (tertiary/aromatic N) is 2. The third-order valence-electron chi connectivity index (χ3n) is 7.24. The smallest absolute Gasteiger partial charge is 0.325 e. The summed E-state index contributed by atoms with van der Waals surface area (Å²) >= 11 is 0. The zero-order valence-corrected chi connectivity index (χ0v) is 21.1. The predicted molar refractivity (Wildman–Crippen MR) is 140 cm³/mol. The summed E-state index contributed by atoms with van der Waals surface area (Å²) in [6.45, 7) is 3.18. The molecule has 1 N–H and O–H groups in total. The lowest BCUT2D eigenvalue weighted by Gasteiger charge is -2.28. The average molecular weight is 498 g/mol. The molecule has 7 heteroatoms. The molecule has 0 aromatic heterocycles. The van der Waals surface area contributed by atoms with Gasteiger partial charge in [0.05, 0.1) is 19.2 Å². The van der Waals surface area contributed by atoms with Gasteiger partial charge in [0.1, 0.15) is 0 Å². The van der Waals surface area contributed by atoms with Gasteiger partial charge in [-0.2, -0.15) is 0 Å². The second kappa shape index (κ2) is 10.2. The van der Waals surface area contributed by atoms with E-state index >= 15 is 0 Å². The normalized spacial score (nSPS) is 18.8. The van der Waals surface area contributed by atoms with E-state index in [0.717, 1.165) is 24.0 Å². The lowest BCUT2D eigenvalue weighted by atomic mass is 9.82. The molecule has 2 fully saturated rings. The highest BCUT2D eigenvalue weighted by molar-refractivity contribution is 6.09. The summed E-state index contributed by atoms with van der Waals surface area (Å²) in [7, 11) is 1.65. The molecule has 2 saturated heterocycles. The van der Waals surface area contributed by atoms with Gasteiger partial charge in [0.15, 0.2) is 5.54 Å². The van der Waals surface area contributed by atoms with E-state index in [2.05, 4.69) is 5.32 Å². The maximum atomic E-state index is 14.0. The molecule has 3 aromatic carbocycles. The summed E-state index contributed by atoms with van der Waals surface area (Å²) in [5, 5.41) is 2.99. The van der Waals surface area contributed by atoms with Crippen molar-refractivity contribution in [2.75, 3.05) is 20.3 Å². The van der Waals surface area contributed by atoms with Crippen LogP contribution in [0.15, 0.2) is 78.9 Å². The van der Waals surface area contributed by atoms with Gasteiger partial charge in [0, 0.05) is 19.2 Å². The van der Waals surface area contributed by atoms with Crippen LogP contribution in [0.5, 0.6) is 0 Å². The van der Waals surface area contributed by atoms with Crippen LogP contribution in [-0.4, -0.2) is 53.9 Å². The van der Waals surface area contributed by atoms with Crippen LogP contribution in [0.3, 0.4) is 0 Å². The molecular formula is C30H31N3O4. The van der Waals surface area contributed by atoms with Crippen molar-refractivity contribution >= 4 is 17.8 Å². The van der Waals surface area contributed by atoms with Crippen LogP contribution in [-0.2, 0) is 21.6 Å². The van der Waals surface area contributed by atoms with Crippen molar-refractivity contribution < 1.29 is 19.1 Å². The third kappa shape index (κ3) is 4.51. The number of methoxy groups -OCH3 is 1. The monoisotopic (exact) mass is 497 g/mol. The first-order valence-electron chi connectivity index (χ1n) is 12.6. The summed E-state index contributed by atoms with van der Waals surface area (Å²) < 4.78 is 5.31. The van der Waals surface area contributed by atoms with E-state index in [0.29, 0.717) is 29.8 Å². The van der Waals surface area contributed by atoms with E-state index in [1.807, 2.05) is 84.6 Å². The van der Waals surface area contributed by atoms with Crippen LogP contribution in [0.25, 0.3) is 0 Å². The van der Waals surface area contributed by atoms with Crippen molar-refractivity contribution in [3.63, 3.8) is 0 Å². The number of urea groups is 1. The highest BCUT2D eigenvalue weighted by atomic mass is 16.5. The van der Waals surface area contributed by atoms with Crippen molar-refractivity contribution in [2.24, 2.45) is 0 Å². The van der Waals surface area contributed by atoms with Crippen molar-refractivity contribution in [1.82, 2.24) is 15.1 Å². The number of nitrogens with one attached hydrogen (secondary N) is 1. The Morgan fingerprint density at radius 1 is 1.00 bits per heavy atom. The summed E-state index contributed by atoms with van der Waals surface area (Å²) in [5.41, 5.74) is 2.26. The van der Waals surface area contributed by atoms with Gasteiger partial charge < -0.3 is 15.0 Å². The fourth-order valence-corrected chi connectivity index (χ4v) is 5.55. The first-order chi connectivity index (χ1) is 17.9. The maximum Gasteiger partial charge on any atom is 0.325 e.